The summed E-state index contributed by atoms with van der Waals surface area (Å²) >= 11 is 0. The topological polar surface area (TPSA) is 41.6 Å². The molecule has 2 aromatic rings. The van der Waals surface area contributed by atoms with Crippen molar-refractivity contribution < 1.29 is 13.9 Å². The number of nitrogens with one attached hydrogen (secondary N) is 1. The van der Waals surface area contributed by atoms with Crippen molar-refractivity contribution in [2.75, 3.05) is 31.1 Å². The van der Waals surface area contributed by atoms with Gasteiger partial charge >= 0.3 is 0 Å². The van der Waals surface area contributed by atoms with Crippen molar-refractivity contribution >= 4 is 11.6 Å². The van der Waals surface area contributed by atoms with Crippen molar-refractivity contribution in [1.82, 2.24) is 5.32 Å². The van der Waals surface area contributed by atoms with Gasteiger partial charge in [0, 0.05) is 25.3 Å². The number of halogens is 1. The normalized spacial score (nSPS) is 17.3. The summed E-state index contributed by atoms with van der Waals surface area (Å²) in [4.78, 5) is 14.3. The number of anilines is 1. The Morgan fingerprint density at radius 3 is 2.72 bits per heavy atom. The van der Waals surface area contributed by atoms with E-state index in [1.807, 2.05) is 18.2 Å². The number of hydrogen-bond donors (Lipinski definition) is 1. The standard InChI is InChI=1S/C20H23FN2O2/c21-19-9-5-4-6-16(19)14-20(24)22-11-10-18-15-23(12-13-25-18)17-7-2-1-3-8-17/h1-9,18H,10-15H2,(H,22,24). The highest BCUT2D eigenvalue weighted by Crippen LogP contribution is 2.18. The summed E-state index contributed by atoms with van der Waals surface area (Å²) in [5, 5.41) is 2.86. The highest BCUT2D eigenvalue weighted by Gasteiger charge is 2.20. The van der Waals surface area contributed by atoms with Gasteiger partial charge < -0.3 is 15.0 Å². The van der Waals surface area contributed by atoms with Gasteiger partial charge in [0.15, 0.2) is 0 Å². The molecule has 0 aliphatic carbocycles. The first-order valence-corrected chi connectivity index (χ1v) is 8.64. The molecule has 5 heteroatoms. The average molecular weight is 342 g/mol. The monoisotopic (exact) mass is 342 g/mol. The molecule has 25 heavy (non-hydrogen) atoms. The fourth-order valence-electron chi connectivity index (χ4n) is 3.02. The first-order valence-electron chi connectivity index (χ1n) is 8.64. The fourth-order valence-corrected chi connectivity index (χ4v) is 3.02. The second kappa shape index (κ2) is 8.62. The van der Waals surface area contributed by atoms with Gasteiger partial charge in [0.25, 0.3) is 0 Å². The van der Waals surface area contributed by atoms with Crippen molar-refractivity contribution in [3.63, 3.8) is 0 Å². The van der Waals surface area contributed by atoms with E-state index >= 15 is 0 Å². The molecule has 1 aliphatic rings. The molecule has 132 valence electrons. The molecule has 1 unspecified atom stereocenters. The van der Waals surface area contributed by atoms with E-state index in [4.69, 9.17) is 4.74 Å². The summed E-state index contributed by atoms with van der Waals surface area (Å²) in [7, 11) is 0. The molecule has 1 aliphatic heterocycles. The van der Waals surface area contributed by atoms with Gasteiger partial charge in [0.1, 0.15) is 5.82 Å². The van der Waals surface area contributed by atoms with E-state index in [2.05, 4.69) is 22.3 Å². The maximum Gasteiger partial charge on any atom is 0.224 e. The van der Waals surface area contributed by atoms with Gasteiger partial charge in [-0.05, 0) is 30.2 Å². The van der Waals surface area contributed by atoms with Crippen LogP contribution in [0, 0.1) is 5.82 Å². The van der Waals surface area contributed by atoms with Crippen LogP contribution in [0.4, 0.5) is 10.1 Å². The molecule has 1 fully saturated rings. The SMILES string of the molecule is O=C(Cc1ccccc1F)NCCC1CN(c2ccccc2)CCO1. The second-order valence-corrected chi connectivity index (χ2v) is 6.18. The molecule has 0 radical (unpaired) electrons. The Morgan fingerprint density at radius 1 is 1.16 bits per heavy atom. The zero-order valence-electron chi connectivity index (χ0n) is 14.2. The van der Waals surface area contributed by atoms with E-state index in [0.29, 0.717) is 18.7 Å². The van der Waals surface area contributed by atoms with E-state index in [-0.39, 0.29) is 24.2 Å². The number of amides is 1. The molecule has 1 atom stereocenters. The number of carbonyl (C=O) groups is 1. The van der Waals surface area contributed by atoms with Crippen molar-refractivity contribution in [1.29, 1.82) is 0 Å². The van der Waals surface area contributed by atoms with Gasteiger partial charge in [-0.25, -0.2) is 4.39 Å². The minimum absolute atomic E-state index is 0.0638. The van der Waals surface area contributed by atoms with Crippen molar-refractivity contribution in [3.05, 3.63) is 66.0 Å². The molecular formula is C20H23FN2O2. The molecule has 4 nitrogen and oxygen atoms in total. The van der Waals surface area contributed by atoms with Crippen molar-refractivity contribution in [2.24, 2.45) is 0 Å². The smallest absolute Gasteiger partial charge is 0.224 e. The predicted molar refractivity (Wildman–Crippen MR) is 96.1 cm³/mol. The summed E-state index contributed by atoms with van der Waals surface area (Å²) in [6.07, 6.45) is 0.892. The molecule has 3 rings (SSSR count). The number of ether oxygens (including phenoxy) is 1. The number of morpholine rings is 1. The highest BCUT2D eigenvalue weighted by atomic mass is 19.1. The Labute approximate surface area is 147 Å². The van der Waals surface area contributed by atoms with Crippen LogP contribution in [0.25, 0.3) is 0 Å². The highest BCUT2D eigenvalue weighted by molar-refractivity contribution is 5.78. The lowest BCUT2D eigenvalue weighted by Crippen LogP contribution is -2.44. The van der Waals surface area contributed by atoms with Crippen molar-refractivity contribution in [3.8, 4) is 0 Å². The van der Waals surface area contributed by atoms with Gasteiger partial charge in [0.2, 0.25) is 5.91 Å². The number of rotatable bonds is 6. The van der Waals surface area contributed by atoms with Crippen LogP contribution in [0.5, 0.6) is 0 Å². The van der Waals surface area contributed by atoms with E-state index in [9.17, 15) is 9.18 Å². The third-order valence-corrected chi connectivity index (χ3v) is 4.36. The Kier molecular flexibility index (Phi) is 6.01. The molecule has 1 saturated heterocycles. The summed E-state index contributed by atoms with van der Waals surface area (Å²) in [6, 6.07) is 16.6. The largest absolute Gasteiger partial charge is 0.374 e. The Morgan fingerprint density at radius 2 is 1.92 bits per heavy atom. The summed E-state index contributed by atoms with van der Waals surface area (Å²) in [6.45, 7) is 2.90. The van der Waals surface area contributed by atoms with Crippen LogP contribution < -0.4 is 10.2 Å². The third kappa shape index (κ3) is 5.03. The molecule has 1 heterocycles. The zero-order valence-corrected chi connectivity index (χ0v) is 14.2. The number of nitrogens with zero attached hydrogens (tertiary/aromatic N) is 1. The molecule has 2 aromatic carbocycles. The van der Waals surface area contributed by atoms with Crippen LogP contribution in [-0.4, -0.2) is 38.3 Å². The number of hydrogen-bond acceptors (Lipinski definition) is 3. The Bertz CT molecular complexity index is 693. The van der Waals surface area contributed by atoms with Crippen LogP contribution in [0.2, 0.25) is 0 Å². The molecule has 0 aromatic heterocycles. The zero-order chi connectivity index (χ0) is 17.5. The van der Waals surface area contributed by atoms with Crippen LogP contribution in [0.3, 0.4) is 0 Å². The van der Waals surface area contributed by atoms with Gasteiger partial charge in [-0.3, -0.25) is 4.79 Å². The lowest BCUT2D eigenvalue weighted by atomic mass is 10.1. The van der Waals surface area contributed by atoms with Crippen LogP contribution >= 0.6 is 0 Å². The van der Waals surface area contributed by atoms with E-state index in [0.717, 1.165) is 19.5 Å². The maximum absolute atomic E-state index is 13.6. The quantitative estimate of drug-likeness (QED) is 0.878. The van der Waals surface area contributed by atoms with Gasteiger partial charge in [-0.2, -0.15) is 0 Å². The molecule has 0 spiro atoms. The first-order chi connectivity index (χ1) is 12.2. The van der Waals surface area contributed by atoms with Gasteiger partial charge in [0.05, 0.1) is 19.1 Å². The van der Waals surface area contributed by atoms with E-state index in [1.54, 1.807) is 18.2 Å². The van der Waals surface area contributed by atoms with Crippen LogP contribution in [-0.2, 0) is 16.0 Å². The average Bonchev–Trinajstić information content (AvgIpc) is 2.65. The second-order valence-electron chi connectivity index (χ2n) is 6.18. The molecule has 0 saturated carbocycles. The maximum atomic E-state index is 13.6. The lowest BCUT2D eigenvalue weighted by molar-refractivity contribution is -0.120. The Hall–Kier alpha value is -2.40. The summed E-state index contributed by atoms with van der Waals surface area (Å²) in [5.74, 6) is -0.507. The third-order valence-electron chi connectivity index (χ3n) is 4.36. The molecule has 0 bridgehead atoms. The van der Waals surface area contributed by atoms with Gasteiger partial charge in [-0.15, -0.1) is 0 Å². The lowest BCUT2D eigenvalue weighted by Gasteiger charge is -2.34. The first kappa shape index (κ1) is 17.4. The van der Waals surface area contributed by atoms with Crippen LogP contribution in [0.1, 0.15) is 12.0 Å². The summed E-state index contributed by atoms with van der Waals surface area (Å²) in [5.41, 5.74) is 1.61. The van der Waals surface area contributed by atoms with Gasteiger partial charge in [-0.1, -0.05) is 36.4 Å². The Balaban J connectivity index is 1.42. The minimum Gasteiger partial charge on any atom is -0.374 e. The van der Waals surface area contributed by atoms with E-state index < -0.39 is 0 Å². The number of benzene rings is 2. The van der Waals surface area contributed by atoms with E-state index in [1.165, 1.54) is 11.8 Å². The predicted octanol–water partition coefficient (Wildman–Crippen LogP) is 2.78. The molecule has 1 N–H and O–H groups in total. The van der Waals surface area contributed by atoms with Crippen LogP contribution in [0.15, 0.2) is 54.6 Å². The number of para-hydroxylation sites is 1. The fraction of sp³-hybridized carbons (Fsp3) is 0.350. The summed E-state index contributed by atoms with van der Waals surface area (Å²) < 4.78 is 19.4. The molecular weight excluding hydrogens is 319 g/mol. The van der Waals surface area contributed by atoms with Crippen molar-refractivity contribution in [2.45, 2.75) is 18.9 Å². The number of carbonyl (C=O) groups excluding carboxylic acids is 1. The molecule has 1 amide bonds. The minimum atomic E-state index is -0.341.